The van der Waals surface area contributed by atoms with Crippen molar-refractivity contribution < 1.29 is 4.92 Å². The Morgan fingerprint density at radius 2 is 1.70 bits per heavy atom. The fraction of sp³-hybridized carbons (Fsp3) is 0.136. The molecule has 1 aromatic carbocycles. The summed E-state index contributed by atoms with van der Waals surface area (Å²) in [6.07, 6.45) is 2.97. The van der Waals surface area contributed by atoms with E-state index < -0.39 is 4.92 Å². The van der Waals surface area contributed by atoms with Gasteiger partial charge < -0.3 is 15.6 Å². The molecule has 3 aromatic heterocycles. The zero-order chi connectivity index (χ0) is 23.4. The van der Waals surface area contributed by atoms with Gasteiger partial charge in [-0.25, -0.2) is 15.0 Å². The minimum absolute atomic E-state index is 0.0527. The second kappa shape index (κ2) is 9.85. The highest BCUT2D eigenvalue weighted by molar-refractivity contribution is 6.36. The number of rotatable bonds is 8. The van der Waals surface area contributed by atoms with E-state index in [-0.39, 0.29) is 5.69 Å². The second-order valence-electron chi connectivity index (χ2n) is 7.14. The Balaban J connectivity index is 1.51. The normalized spacial score (nSPS) is 10.8. The Hall–Kier alpha value is -3.69. The lowest BCUT2D eigenvalue weighted by atomic mass is 10.0. The Bertz CT molecular complexity index is 1290. The molecule has 0 saturated heterocycles. The molecule has 3 heterocycles. The van der Waals surface area contributed by atoms with Crippen molar-refractivity contribution in [3.05, 3.63) is 80.7 Å². The molecule has 0 bridgehead atoms. The molecule has 0 amide bonds. The third-order valence-electron chi connectivity index (χ3n) is 4.74. The van der Waals surface area contributed by atoms with E-state index >= 15 is 0 Å². The van der Waals surface area contributed by atoms with Crippen molar-refractivity contribution in [2.45, 2.75) is 6.92 Å². The number of benzene rings is 1. The fourth-order valence-electron chi connectivity index (χ4n) is 3.16. The lowest BCUT2D eigenvalue weighted by molar-refractivity contribution is -0.385. The number of anilines is 2. The van der Waals surface area contributed by atoms with Crippen LogP contribution in [-0.4, -0.2) is 37.9 Å². The van der Waals surface area contributed by atoms with Crippen molar-refractivity contribution >= 4 is 40.5 Å². The van der Waals surface area contributed by atoms with E-state index in [9.17, 15) is 10.1 Å². The van der Waals surface area contributed by atoms with E-state index in [1.165, 1.54) is 12.3 Å². The maximum absolute atomic E-state index is 10.7. The van der Waals surface area contributed by atoms with Crippen molar-refractivity contribution in [3.63, 3.8) is 0 Å². The van der Waals surface area contributed by atoms with Gasteiger partial charge in [-0.3, -0.25) is 10.1 Å². The zero-order valence-corrected chi connectivity index (χ0v) is 19.0. The van der Waals surface area contributed by atoms with Crippen LogP contribution in [0, 0.1) is 17.0 Å². The summed E-state index contributed by atoms with van der Waals surface area (Å²) in [5.74, 6) is 1.90. The van der Waals surface area contributed by atoms with Crippen molar-refractivity contribution in [1.82, 2.24) is 19.9 Å². The van der Waals surface area contributed by atoms with E-state index in [0.29, 0.717) is 46.3 Å². The van der Waals surface area contributed by atoms with Gasteiger partial charge in [0, 0.05) is 47.2 Å². The molecule has 9 nitrogen and oxygen atoms in total. The van der Waals surface area contributed by atoms with Crippen LogP contribution >= 0.6 is 23.2 Å². The van der Waals surface area contributed by atoms with Gasteiger partial charge in [0.15, 0.2) is 0 Å². The van der Waals surface area contributed by atoms with Gasteiger partial charge in [0.2, 0.25) is 0 Å². The first-order valence-corrected chi connectivity index (χ1v) is 10.7. The van der Waals surface area contributed by atoms with Crippen LogP contribution in [0.1, 0.15) is 5.69 Å². The van der Waals surface area contributed by atoms with E-state index in [0.717, 1.165) is 16.8 Å². The first kappa shape index (κ1) is 22.5. The lowest BCUT2D eigenvalue weighted by Crippen LogP contribution is -2.15. The van der Waals surface area contributed by atoms with Crippen molar-refractivity contribution in [2.24, 2.45) is 0 Å². The molecule has 33 heavy (non-hydrogen) atoms. The maximum Gasteiger partial charge on any atom is 0.287 e. The summed E-state index contributed by atoms with van der Waals surface area (Å²) < 4.78 is 0. The van der Waals surface area contributed by atoms with E-state index in [4.69, 9.17) is 28.2 Å². The number of nitrogens with zero attached hydrogens (tertiary/aromatic N) is 4. The fourth-order valence-corrected chi connectivity index (χ4v) is 3.66. The molecule has 4 aromatic rings. The van der Waals surface area contributed by atoms with Gasteiger partial charge in [0.25, 0.3) is 5.69 Å². The van der Waals surface area contributed by atoms with Crippen LogP contribution in [0.2, 0.25) is 10.0 Å². The largest absolute Gasteiger partial charge is 0.368 e. The first-order valence-electron chi connectivity index (χ1n) is 9.97. The quantitative estimate of drug-likeness (QED) is 0.170. The number of pyridine rings is 2. The summed E-state index contributed by atoms with van der Waals surface area (Å²) in [5, 5.41) is 18.1. The number of hydrogen-bond donors (Lipinski definition) is 3. The predicted octanol–water partition coefficient (Wildman–Crippen LogP) is 5.58. The van der Waals surface area contributed by atoms with Crippen LogP contribution in [0.25, 0.3) is 22.6 Å². The Labute approximate surface area is 199 Å². The number of imidazole rings is 1. The third-order valence-corrected chi connectivity index (χ3v) is 5.28. The van der Waals surface area contributed by atoms with Gasteiger partial charge in [-0.2, -0.15) is 0 Å². The monoisotopic (exact) mass is 483 g/mol. The Morgan fingerprint density at radius 1 is 0.970 bits per heavy atom. The summed E-state index contributed by atoms with van der Waals surface area (Å²) >= 11 is 12.5. The van der Waals surface area contributed by atoms with Gasteiger partial charge in [-0.05, 0) is 43.3 Å². The molecule has 168 valence electrons. The van der Waals surface area contributed by atoms with E-state index in [2.05, 4.69) is 25.6 Å². The molecule has 0 fully saturated rings. The number of H-pyrrole nitrogens is 1. The number of aromatic nitrogens is 4. The molecule has 0 atom stereocenters. The van der Waals surface area contributed by atoms with Crippen LogP contribution in [0.4, 0.5) is 17.3 Å². The Kier molecular flexibility index (Phi) is 6.71. The second-order valence-corrected chi connectivity index (χ2v) is 7.99. The molecule has 0 radical (unpaired) electrons. The van der Waals surface area contributed by atoms with Crippen LogP contribution in [-0.2, 0) is 0 Å². The van der Waals surface area contributed by atoms with Gasteiger partial charge in [0.1, 0.15) is 23.7 Å². The molecule has 0 aliphatic carbocycles. The number of nitro groups is 1. The van der Waals surface area contributed by atoms with Crippen LogP contribution < -0.4 is 10.6 Å². The highest BCUT2D eigenvalue weighted by atomic mass is 35.5. The average molecular weight is 484 g/mol. The number of aromatic amines is 1. The Morgan fingerprint density at radius 3 is 2.33 bits per heavy atom. The maximum atomic E-state index is 10.7. The topological polar surface area (TPSA) is 122 Å². The van der Waals surface area contributed by atoms with Crippen LogP contribution in [0.3, 0.4) is 0 Å². The molecule has 0 spiro atoms. The van der Waals surface area contributed by atoms with Crippen LogP contribution in [0.15, 0.2) is 54.9 Å². The van der Waals surface area contributed by atoms with E-state index in [1.54, 1.807) is 24.4 Å². The third kappa shape index (κ3) is 5.39. The minimum atomic E-state index is -0.484. The lowest BCUT2D eigenvalue weighted by Gasteiger charge is -2.13. The molecule has 3 N–H and O–H groups in total. The summed E-state index contributed by atoms with van der Waals surface area (Å²) in [6, 6.07) is 12.0. The predicted molar refractivity (Wildman–Crippen MR) is 130 cm³/mol. The van der Waals surface area contributed by atoms with Gasteiger partial charge in [-0.1, -0.05) is 23.2 Å². The molecular formula is C22H19Cl2N7O2. The molecule has 4 rings (SSSR count). The highest BCUT2D eigenvalue weighted by Gasteiger charge is 2.16. The first-order chi connectivity index (χ1) is 15.9. The minimum Gasteiger partial charge on any atom is -0.368 e. The van der Waals surface area contributed by atoms with Gasteiger partial charge in [0.05, 0.1) is 15.6 Å². The van der Waals surface area contributed by atoms with Gasteiger partial charge >= 0.3 is 0 Å². The number of halogens is 2. The number of nitrogens with one attached hydrogen (secondary N) is 3. The highest BCUT2D eigenvalue weighted by Crippen LogP contribution is 2.35. The standard InChI is InChI=1S/C22H19Cl2N7O2/c1-13-11-28-22(29-13)17-5-7-20(30-21(17)16-4-2-14(23)10-18(16)24)26-9-8-25-19-6-3-15(12-27-19)31(32)33/h2-7,10-12H,8-9H2,1H3,(H,25,27)(H,26,30)(H,28,29). The molecule has 0 aliphatic rings. The molecule has 0 unspecified atom stereocenters. The zero-order valence-electron chi connectivity index (χ0n) is 17.5. The van der Waals surface area contributed by atoms with Crippen molar-refractivity contribution in [1.29, 1.82) is 0 Å². The summed E-state index contributed by atoms with van der Waals surface area (Å²) in [7, 11) is 0. The summed E-state index contributed by atoms with van der Waals surface area (Å²) in [5.41, 5.74) is 3.10. The SMILES string of the molecule is Cc1cnc(-c2ccc(NCCNc3ccc([N+](=O)[O-])cn3)nc2-c2ccc(Cl)cc2Cl)[nH]1. The van der Waals surface area contributed by atoms with Gasteiger partial charge in [-0.15, -0.1) is 0 Å². The summed E-state index contributed by atoms with van der Waals surface area (Å²) in [4.78, 5) is 26.7. The number of aryl methyl sites for hydroxylation is 1. The molecular weight excluding hydrogens is 465 g/mol. The van der Waals surface area contributed by atoms with Crippen molar-refractivity contribution in [3.8, 4) is 22.6 Å². The average Bonchev–Trinajstić information content (AvgIpc) is 3.23. The van der Waals surface area contributed by atoms with E-state index in [1.807, 2.05) is 25.1 Å². The molecule has 11 heteroatoms. The summed E-state index contributed by atoms with van der Waals surface area (Å²) in [6.45, 7) is 3.00. The number of hydrogen-bond acceptors (Lipinski definition) is 7. The molecule has 0 saturated carbocycles. The molecule has 0 aliphatic heterocycles. The smallest absolute Gasteiger partial charge is 0.287 e. The van der Waals surface area contributed by atoms with Crippen LogP contribution in [0.5, 0.6) is 0 Å². The van der Waals surface area contributed by atoms with Crippen molar-refractivity contribution in [2.75, 3.05) is 23.7 Å².